The zero-order valence-electron chi connectivity index (χ0n) is 9.61. The van der Waals surface area contributed by atoms with E-state index in [0.29, 0.717) is 6.42 Å². The maximum atomic E-state index is 11.9. The highest BCUT2D eigenvalue weighted by molar-refractivity contribution is 7.93. The Hall–Kier alpha value is -1.47. The van der Waals surface area contributed by atoms with Crippen molar-refractivity contribution in [1.29, 1.82) is 0 Å². The van der Waals surface area contributed by atoms with Gasteiger partial charge in [-0.15, -0.1) is 10.2 Å². The Morgan fingerprint density at radius 1 is 1.17 bits per heavy atom. The first-order valence-corrected chi connectivity index (χ1v) is 7.90. The number of hydrogen-bond donors (Lipinski definition) is 1. The van der Waals surface area contributed by atoms with Crippen molar-refractivity contribution in [3.8, 4) is 0 Å². The molecule has 2 rings (SSSR count). The molecule has 0 aliphatic carbocycles. The SMILES string of the molecule is Nc1nnc(S(=O)(=O)CCCc2ccccc2)s1. The number of anilines is 1. The summed E-state index contributed by atoms with van der Waals surface area (Å²) in [5, 5.41) is 7.26. The van der Waals surface area contributed by atoms with E-state index in [1.165, 1.54) is 0 Å². The van der Waals surface area contributed by atoms with Crippen LogP contribution in [-0.4, -0.2) is 24.4 Å². The van der Waals surface area contributed by atoms with E-state index in [4.69, 9.17) is 5.73 Å². The van der Waals surface area contributed by atoms with E-state index >= 15 is 0 Å². The van der Waals surface area contributed by atoms with Gasteiger partial charge in [0.2, 0.25) is 19.3 Å². The summed E-state index contributed by atoms with van der Waals surface area (Å²) in [6, 6.07) is 9.78. The number of aromatic nitrogens is 2. The van der Waals surface area contributed by atoms with Crippen LogP contribution in [0.3, 0.4) is 0 Å². The van der Waals surface area contributed by atoms with E-state index in [9.17, 15) is 8.42 Å². The first kappa shape index (κ1) is 13.0. The van der Waals surface area contributed by atoms with Crippen molar-refractivity contribution in [3.63, 3.8) is 0 Å². The molecule has 0 aliphatic rings. The summed E-state index contributed by atoms with van der Waals surface area (Å²) in [6.45, 7) is 0. The molecule has 0 saturated carbocycles. The van der Waals surface area contributed by atoms with Crippen LogP contribution in [0.25, 0.3) is 0 Å². The van der Waals surface area contributed by atoms with E-state index < -0.39 is 9.84 Å². The normalized spacial score (nSPS) is 11.6. The fourth-order valence-electron chi connectivity index (χ4n) is 1.54. The molecular weight excluding hydrogens is 270 g/mol. The van der Waals surface area contributed by atoms with E-state index in [1.807, 2.05) is 30.3 Å². The minimum Gasteiger partial charge on any atom is -0.374 e. The van der Waals surface area contributed by atoms with Gasteiger partial charge in [0.15, 0.2) is 0 Å². The van der Waals surface area contributed by atoms with E-state index in [0.717, 1.165) is 23.3 Å². The number of rotatable bonds is 5. The first-order valence-electron chi connectivity index (χ1n) is 5.43. The number of benzene rings is 1. The van der Waals surface area contributed by atoms with Crippen LogP contribution in [-0.2, 0) is 16.3 Å². The van der Waals surface area contributed by atoms with Crippen molar-refractivity contribution in [1.82, 2.24) is 10.2 Å². The second kappa shape index (κ2) is 5.45. The molecule has 96 valence electrons. The maximum Gasteiger partial charge on any atom is 0.234 e. The largest absolute Gasteiger partial charge is 0.374 e. The molecule has 18 heavy (non-hydrogen) atoms. The third-order valence-electron chi connectivity index (χ3n) is 2.41. The summed E-state index contributed by atoms with van der Waals surface area (Å²) in [7, 11) is -3.34. The highest BCUT2D eigenvalue weighted by Crippen LogP contribution is 2.19. The van der Waals surface area contributed by atoms with Gasteiger partial charge in [-0.1, -0.05) is 41.7 Å². The fourth-order valence-corrected chi connectivity index (χ4v) is 3.76. The zero-order valence-corrected chi connectivity index (χ0v) is 11.2. The topological polar surface area (TPSA) is 85.9 Å². The molecule has 2 N–H and O–H groups in total. The monoisotopic (exact) mass is 283 g/mol. The Balaban J connectivity index is 1.94. The molecule has 0 amide bonds. The van der Waals surface area contributed by atoms with Gasteiger partial charge in [0.05, 0.1) is 5.75 Å². The molecular formula is C11H13N3O2S2. The second-order valence-electron chi connectivity index (χ2n) is 3.81. The molecule has 0 spiro atoms. The molecule has 0 aliphatic heterocycles. The number of nitrogens with zero attached hydrogens (tertiary/aromatic N) is 2. The van der Waals surface area contributed by atoms with Gasteiger partial charge in [-0.25, -0.2) is 8.42 Å². The molecule has 1 aromatic heterocycles. The maximum absolute atomic E-state index is 11.9. The highest BCUT2D eigenvalue weighted by Gasteiger charge is 2.19. The average molecular weight is 283 g/mol. The highest BCUT2D eigenvalue weighted by atomic mass is 32.2. The summed E-state index contributed by atoms with van der Waals surface area (Å²) in [5.41, 5.74) is 6.50. The number of nitrogens with two attached hydrogens (primary N) is 1. The molecule has 0 atom stereocenters. The molecule has 1 heterocycles. The standard InChI is InChI=1S/C11H13N3O2S2/c12-10-13-14-11(17-10)18(15,16)8-4-7-9-5-2-1-3-6-9/h1-3,5-6H,4,7-8H2,(H2,12,13). The van der Waals surface area contributed by atoms with Crippen molar-refractivity contribution in [3.05, 3.63) is 35.9 Å². The van der Waals surface area contributed by atoms with Gasteiger partial charge in [-0.3, -0.25) is 0 Å². The van der Waals surface area contributed by atoms with Crippen LogP contribution < -0.4 is 5.73 Å². The molecule has 2 aromatic rings. The summed E-state index contributed by atoms with van der Waals surface area (Å²) < 4.78 is 23.8. The Morgan fingerprint density at radius 2 is 1.89 bits per heavy atom. The lowest BCUT2D eigenvalue weighted by Crippen LogP contribution is -2.07. The summed E-state index contributed by atoms with van der Waals surface area (Å²) >= 11 is 0.909. The molecule has 0 saturated heterocycles. The van der Waals surface area contributed by atoms with Crippen LogP contribution in [0.1, 0.15) is 12.0 Å². The summed E-state index contributed by atoms with van der Waals surface area (Å²) in [4.78, 5) is 0. The Kier molecular flexibility index (Phi) is 3.93. The minimum absolute atomic E-state index is 0.00746. The van der Waals surface area contributed by atoms with Crippen molar-refractivity contribution in [2.24, 2.45) is 0 Å². The molecule has 0 bridgehead atoms. The van der Waals surface area contributed by atoms with Crippen molar-refractivity contribution >= 4 is 26.3 Å². The van der Waals surface area contributed by atoms with Crippen molar-refractivity contribution in [2.45, 2.75) is 17.2 Å². The molecule has 0 fully saturated rings. The zero-order chi connectivity index (χ0) is 13.0. The third kappa shape index (κ3) is 3.27. The average Bonchev–Trinajstić information content (AvgIpc) is 2.78. The molecule has 0 unspecified atom stereocenters. The Labute approximate surface area is 110 Å². The van der Waals surface area contributed by atoms with Gasteiger partial charge in [-0.2, -0.15) is 0 Å². The molecule has 7 heteroatoms. The van der Waals surface area contributed by atoms with E-state index in [-0.39, 0.29) is 15.2 Å². The van der Waals surface area contributed by atoms with Crippen LogP contribution >= 0.6 is 11.3 Å². The summed E-state index contributed by atoms with van der Waals surface area (Å²) in [6.07, 6.45) is 1.29. The molecule has 0 radical (unpaired) electrons. The van der Waals surface area contributed by atoms with E-state index in [2.05, 4.69) is 10.2 Å². The number of hydrogen-bond acceptors (Lipinski definition) is 6. The minimum atomic E-state index is -3.34. The lowest BCUT2D eigenvalue weighted by molar-refractivity contribution is 0.591. The van der Waals surface area contributed by atoms with Crippen molar-refractivity contribution in [2.75, 3.05) is 11.5 Å². The third-order valence-corrected chi connectivity index (χ3v) is 5.41. The van der Waals surface area contributed by atoms with Gasteiger partial charge >= 0.3 is 0 Å². The Bertz CT molecular complexity index is 608. The van der Waals surface area contributed by atoms with Crippen LogP contribution in [0.4, 0.5) is 5.13 Å². The van der Waals surface area contributed by atoms with Gasteiger partial charge in [0.25, 0.3) is 0 Å². The number of nitrogen functional groups attached to an aromatic ring is 1. The van der Waals surface area contributed by atoms with Crippen LogP contribution in [0, 0.1) is 0 Å². The number of sulfone groups is 1. The van der Waals surface area contributed by atoms with Gasteiger partial charge < -0.3 is 5.73 Å². The molecule has 1 aromatic carbocycles. The fraction of sp³-hybridized carbons (Fsp3) is 0.273. The number of aryl methyl sites for hydroxylation is 1. The van der Waals surface area contributed by atoms with Crippen LogP contribution in [0.15, 0.2) is 34.7 Å². The van der Waals surface area contributed by atoms with Gasteiger partial charge in [0, 0.05) is 0 Å². The first-order chi connectivity index (χ1) is 8.58. The lowest BCUT2D eigenvalue weighted by Gasteiger charge is -2.01. The lowest BCUT2D eigenvalue weighted by atomic mass is 10.1. The van der Waals surface area contributed by atoms with Crippen molar-refractivity contribution < 1.29 is 8.42 Å². The summed E-state index contributed by atoms with van der Waals surface area (Å²) in [5.74, 6) is 0.0660. The van der Waals surface area contributed by atoms with Gasteiger partial charge in [0.1, 0.15) is 0 Å². The van der Waals surface area contributed by atoms with Crippen LogP contribution in [0.5, 0.6) is 0 Å². The second-order valence-corrected chi connectivity index (χ2v) is 7.11. The predicted molar refractivity (Wildman–Crippen MR) is 71.1 cm³/mol. The molecule has 5 nitrogen and oxygen atoms in total. The smallest absolute Gasteiger partial charge is 0.234 e. The predicted octanol–water partition coefficient (Wildman–Crippen LogP) is 1.53. The van der Waals surface area contributed by atoms with Crippen LogP contribution in [0.2, 0.25) is 0 Å². The van der Waals surface area contributed by atoms with E-state index in [1.54, 1.807) is 0 Å². The Morgan fingerprint density at radius 3 is 2.50 bits per heavy atom. The quantitative estimate of drug-likeness (QED) is 0.899. The van der Waals surface area contributed by atoms with Gasteiger partial charge in [-0.05, 0) is 18.4 Å².